The van der Waals surface area contributed by atoms with Crippen LogP contribution in [0.5, 0.6) is 0 Å². The monoisotopic (exact) mass is 362 g/mol. The smallest absolute Gasteiger partial charge is 0.200 e. The van der Waals surface area contributed by atoms with E-state index in [1.807, 2.05) is 43.3 Å². The molecule has 4 nitrogen and oxygen atoms in total. The van der Waals surface area contributed by atoms with Crippen LogP contribution in [0, 0.1) is 6.92 Å². The number of nitrogens with one attached hydrogen (secondary N) is 1. The number of benzene rings is 2. The average molecular weight is 362 g/mol. The summed E-state index contributed by atoms with van der Waals surface area (Å²) in [6.45, 7) is 6.03. The maximum absolute atomic E-state index is 12.8. The van der Waals surface area contributed by atoms with Crippen LogP contribution in [0.4, 0.5) is 11.6 Å². The molecule has 1 atom stereocenters. The van der Waals surface area contributed by atoms with Crippen molar-refractivity contribution in [1.82, 2.24) is 0 Å². The Balaban J connectivity index is 1.78. The van der Waals surface area contributed by atoms with Crippen LogP contribution in [0.2, 0.25) is 0 Å². The molecule has 0 unspecified atom stereocenters. The molecule has 2 aromatic carbocycles. The van der Waals surface area contributed by atoms with Gasteiger partial charge >= 0.3 is 0 Å². The largest absolute Gasteiger partial charge is 0.440 e. The second-order valence-corrected chi connectivity index (χ2v) is 7.46. The summed E-state index contributed by atoms with van der Waals surface area (Å²) in [5.41, 5.74) is 3.87. The first-order valence-corrected chi connectivity index (χ1v) is 9.77. The molecule has 0 bridgehead atoms. The summed E-state index contributed by atoms with van der Waals surface area (Å²) < 4.78 is 6.31. The molecule has 0 spiro atoms. The number of hydrogen-bond acceptors (Lipinski definition) is 4. The van der Waals surface area contributed by atoms with Crippen molar-refractivity contribution in [1.29, 1.82) is 0 Å². The van der Waals surface area contributed by atoms with Gasteiger partial charge in [-0.2, -0.15) is 0 Å². The molecule has 1 N–H and O–H groups in total. The Kier molecular flexibility index (Phi) is 4.88. The van der Waals surface area contributed by atoms with Crippen LogP contribution >= 0.6 is 0 Å². The Morgan fingerprint density at radius 2 is 1.78 bits per heavy atom. The predicted molar refractivity (Wildman–Crippen MR) is 112 cm³/mol. The highest BCUT2D eigenvalue weighted by Gasteiger charge is 2.19. The number of nitrogens with zero attached hydrogens (tertiary/aromatic N) is 1. The highest BCUT2D eigenvalue weighted by molar-refractivity contribution is 5.82. The first-order chi connectivity index (χ1) is 13.1. The van der Waals surface area contributed by atoms with E-state index in [1.54, 1.807) is 6.07 Å². The normalized spacial score (nSPS) is 15.7. The number of piperidine rings is 1. The minimum atomic E-state index is 0.0227. The Morgan fingerprint density at radius 1 is 1.04 bits per heavy atom. The number of anilines is 2. The fourth-order valence-electron chi connectivity index (χ4n) is 3.88. The number of hydrogen-bond donors (Lipinski definition) is 1. The van der Waals surface area contributed by atoms with Crippen molar-refractivity contribution in [3.05, 3.63) is 69.9 Å². The van der Waals surface area contributed by atoms with Crippen molar-refractivity contribution in [2.45, 2.75) is 39.2 Å². The Labute approximate surface area is 159 Å². The average Bonchev–Trinajstić information content (AvgIpc) is 2.69. The molecule has 0 radical (unpaired) electrons. The maximum Gasteiger partial charge on any atom is 0.200 e. The van der Waals surface area contributed by atoms with E-state index in [0.717, 1.165) is 42.7 Å². The highest BCUT2D eigenvalue weighted by atomic mass is 16.4. The lowest BCUT2D eigenvalue weighted by molar-refractivity contribution is 0.510. The molecule has 4 rings (SSSR count). The number of fused-ring (bicyclic) bond motifs is 1. The van der Waals surface area contributed by atoms with E-state index in [2.05, 4.69) is 23.2 Å². The summed E-state index contributed by atoms with van der Waals surface area (Å²) in [6, 6.07) is 15.8. The zero-order chi connectivity index (χ0) is 18.8. The summed E-state index contributed by atoms with van der Waals surface area (Å²) in [6.07, 6.45) is 3.54. The molecule has 1 aliphatic heterocycles. The van der Waals surface area contributed by atoms with Gasteiger partial charge in [-0.25, -0.2) is 0 Å². The molecule has 0 aliphatic carbocycles. The first kappa shape index (κ1) is 17.7. The SMILES string of the molecule is Cc1cc([C@@H](C)Nc2ccccc2)c2oc(N3CCCCC3)cc(=O)c2c1. The summed E-state index contributed by atoms with van der Waals surface area (Å²) in [5.74, 6) is 0.698. The summed E-state index contributed by atoms with van der Waals surface area (Å²) in [4.78, 5) is 15.0. The van der Waals surface area contributed by atoms with Crippen molar-refractivity contribution in [3.8, 4) is 0 Å². The first-order valence-electron chi connectivity index (χ1n) is 9.77. The van der Waals surface area contributed by atoms with Crippen molar-refractivity contribution in [2.75, 3.05) is 23.3 Å². The van der Waals surface area contributed by atoms with Gasteiger partial charge in [0.15, 0.2) is 11.3 Å². The third-order valence-corrected chi connectivity index (χ3v) is 5.28. The van der Waals surface area contributed by atoms with Gasteiger partial charge in [0.2, 0.25) is 0 Å². The number of para-hydroxylation sites is 1. The molecule has 4 heteroatoms. The van der Waals surface area contributed by atoms with Crippen LogP contribution in [0.3, 0.4) is 0 Å². The van der Waals surface area contributed by atoms with Crippen LogP contribution < -0.4 is 15.6 Å². The Morgan fingerprint density at radius 3 is 2.52 bits per heavy atom. The van der Waals surface area contributed by atoms with Gasteiger partial charge in [-0.1, -0.05) is 24.3 Å². The molecule has 1 saturated heterocycles. The standard InChI is InChI=1S/C23H26N2O2/c1-16-13-19(17(2)24-18-9-5-3-6-10-18)23-20(14-16)21(26)15-22(27-23)25-11-7-4-8-12-25/h3,5-6,9-10,13-15,17,24H,4,7-8,11-12H2,1-2H3/t17-/m1/s1. The molecule has 0 amide bonds. The Hall–Kier alpha value is -2.75. The van der Waals surface area contributed by atoms with Gasteiger partial charge in [-0.15, -0.1) is 0 Å². The van der Waals surface area contributed by atoms with Crippen molar-refractivity contribution in [3.63, 3.8) is 0 Å². The van der Waals surface area contributed by atoms with E-state index < -0.39 is 0 Å². The lowest BCUT2D eigenvalue weighted by Gasteiger charge is -2.27. The molecule has 1 aromatic heterocycles. The minimum absolute atomic E-state index is 0.0227. The zero-order valence-electron chi connectivity index (χ0n) is 16.0. The van der Waals surface area contributed by atoms with Gasteiger partial charge in [-0.3, -0.25) is 4.79 Å². The van der Waals surface area contributed by atoms with Gasteiger partial charge in [0.1, 0.15) is 5.58 Å². The lowest BCUT2D eigenvalue weighted by Crippen LogP contribution is -2.30. The van der Waals surface area contributed by atoms with Crippen molar-refractivity contribution >= 4 is 22.5 Å². The van der Waals surface area contributed by atoms with E-state index in [1.165, 1.54) is 6.42 Å². The van der Waals surface area contributed by atoms with Gasteiger partial charge in [-0.05, 0) is 56.9 Å². The second-order valence-electron chi connectivity index (χ2n) is 7.46. The second kappa shape index (κ2) is 7.47. The maximum atomic E-state index is 12.8. The van der Waals surface area contributed by atoms with E-state index >= 15 is 0 Å². The quantitative estimate of drug-likeness (QED) is 0.687. The van der Waals surface area contributed by atoms with Crippen LogP contribution in [0.25, 0.3) is 11.0 Å². The summed E-state index contributed by atoms with van der Waals surface area (Å²) >= 11 is 0. The van der Waals surface area contributed by atoms with E-state index in [9.17, 15) is 4.79 Å². The van der Waals surface area contributed by atoms with Crippen LogP contribution in [-0.2, 0) is 0 Å². The van der Waals surface area contributed by atoms with E-state index in [4.69, 9.17) is 4.42 Å². The van der Waals surface area contributed by atoms with Crippen LogP contribution in [-0.4, -0.2) is 13.1 Å². The predicted octanol–water partition coefficient (Wildman–Crippen LogP) is 5.26. The zero-order valence-corrected chi connectivity index (χ0v) is 16.0. The summed E-state index contributed by atoms with van der Waals surface area (Å²) in [7, 11) is 0. The molecular weight excluding hydrogens is 336 g/mol. The van der Waals surface area contributed by atoms with Gasteiger partial charge in [0, 0.05) is 30.4 Å². The molecule has 3 aromatic rings. The van der Waals surface area contributed by atoms with Crippen LogP contribution in [0.1, 0.15) is 43.4 Å². The van der Waals surface area contributed by atoms with Gasteiger partial charge in [0.05, 0.1) is 11.4 Å². The molecular formula is C23H26N2O2. The fraction of sp³-hybridized carbons (Fsp3) is 0.348. The number of aryl methyl sites for hydroxylation is 1. The molecule has 27 heavy (non-hydrogen) atoms. The Bertz CT molecular complexity index is 988. The molecule has 0 saturated carbocycles. The fourth-order valence-corrected chi connectivity index (χ4v) is 3.88. The summed E-state index contributed by atoms with van der Waals surface area (Å²) in [5, 5.41) is 4.18. The highest BCUT2D eigenvalue weighted by Crippen LogP contribution is 2.30. The third kappa shape index (κ3) is 3.70. The van der Waals surface area contributed by atoms with E-state index in [-0.39, 0.29) is 11.5 Å². The van der Waals surface area contributed by atoms with Crippen molar-refractivity contribution < 1.29 is 4.42 Å². The molecule has 1 fully saturated rings. The van der Waals surface area contributed by atoms with Crippen molar-refractivity contribution in [2.24, 2.45) is 0 Å². The van der Waals surface area contributed by atoms with Gasteiger partial charge < -0.3 is 14.6 Å². The van der Waals surface area contributed by atoms with Gasteiger partial charge in [0.25, 0.3) is 0 Å². The third-order valence-electron chi connectivity index (χ3n) is 5.28. The lowest BCUT2D eigenvalue weighted by atomic mass is 10.0. The molecule has 1 aliphatic rings. The molecule has 140 valence electrons. The minimum Gasteiger partial charge on any atom is -0.440 e. The van der Waals surface area contributed by atoms with E-state index in [0.29, 0.717) is 16.9 Å². The molecule has 2 heterocycles. The number of rotatable bonds is 4. The topological polar surface area (TPSA) is 45.5 Å². The van der Waals surface area contributed by atoms with Crippen LogP contribution in [0.15, 0.2) is 57.7 Å².